The van der Waals surface area contributed by atoms with Crippen LogP contribution in [0, 0.1) is 5.41 Å². The van der Waals surface area contributed by atoms with Crippen molar-refractivity contribution in [1.82, 2.24) is 0 Å². The van der Waals surface area contributed by atoms with E-state index in [1.165, 1.54) is 7.11 Å². The quantitative estimate of drug-likeness (QED) is 0.878. The van der Waals surface area contributed by atoms with Gasteiger partial charge < -0.3 is 20.3 Å². The van der Waals surface area contributed by atoms with E-state index in [0.29, 0.717) is 12.2 Å². The summed E-state index contributed by atoms with van der Waals surface area (Å²) in [5, 5.41) is 9.54. The molecule has 5 heteroatoms. The van der Waals surface area contributed by atoms with Crippen LogP contribution in [0.25, 0.3) is 0 Å². The summed E-state index contributed by atoms with van der Waals surface area (Å²) >= 11 is 0. The monoisotopic (exact) mass is 267 g/mol. The van der Waals surface area contributed by atoms with Gasteiger partial charge in [0.15, 0.2) is 11.5 Å². The van der Waals surface area contributed by atoms with Gasteiger partial charge in [-0.05, 0) is 23.1 Å². The van der Waals surface area contributed by atoms with Crippen molar-refractivity contribution < 1.29 is 19.4 Å². The fourth-order valence-electron chi connectivity index (χ4n) is 1.73. The Bertz CT molecular complexity index is 451. The number of phenols is 1. The van der Waals surface area contributed by atoms with Gasteiger partial charge in [-0.25, -0.2) is 4.79 Å². The highest BCUT2D eigenvalue weighted by Crippen LogP contribution is 2.30. The van der Waals surface area contributed by atoms with Crippen LogP contribution in [0.2, 0.25) is 0 Å². The molecule has 1 unspecified atom stereocenters. The Labute approximate surface area is 113 Å². The molecule has 106 valence electrons. The van der Waals surface area contributed by atoms with Crippen molar-refractivity contribution in [3.8, 4) is 11.5 Å². The van der Waals surface area contributed by atoms with Gasteiger partial charge in [0.05, 0.1) is 7.11 Å². The van der Waals surface area contributed by atoms with Crippen LogP contribution >= 0.6 is 0 Å². The van der Waals surface area contributed by atoms with Gasteiger partial charge in [0.2, 0.25) is 0 Å². The molecule has 0 aromatic heterocycles. The molecule has 1 aromatic carbocycles. The highest BCUT2D eigenvalue weighted by molar-refractivity contribution is 5.65. The zero-order chi connectivity index (χ0) is 14.6. The normalized spacial score (nSPS) is 12.8. The van der Waals surface area contributed by atoms with Crippen LogP contribution in [0.4, 0.5) is 4.79 Å². The molecule has 0 aliphatic rings. The first-order valence-corrected chi connectivity index (χ1v) is 6.06. The van der Waals surface area contributed by atoms with Gasteiger partial charge in [0, 0.05) is 6.42 Å². The number of rotatable bonds is 4. The van der Waals surface area contributed by atoms with Crippen molar-refractivity contribution in [2.24, 2.45) is 11.1 Å². The first kappa shape index (κ1) is 15.1. The van der Waals surface area contributed by atoms with Crippen LogP contribution in [0.5, 0.6) is 11.5 Å². The molecular weight excluding hydrogens is 246 g/mol. The Morgan fingerprint density at radius 2 is 2.05 bits per heavy atom. The topological polar surface area (TPSA) is 81.8 Å². The van der Waals surface area contributed by atoms with E-state index in [4.69, 9.17) is 15.2 Å². The number of primary amides is 1. The molecule has 1 rings (SSSR count). The van der Waals surface area contributed by atoms with Crippen LogP contribution in [0.15, 0.2) is 18.2 Å². The van der Waals surface area contributed by atoms with E-state index in [1.54, 1.807) is 18.2 Å². The molecule has 0 saturated carbocycles. The van der Waals surface area contributed by atoms with E-state index in [1.807, 2.05) is 20.8 Å². The molecule has 5 nitrogen and oxygen atoms in total. The molecule has 3 N–H and O–H groups in total. The predicted molar refractivity (Wildman–Crippen MR) is 72.3 cm³/mol. The first-order chi connectivity index (χ1) is 8.74. The van der Waals surface area contributed by atoms with Crippen molar-refractivity contribution in [3.63, 3.8) is 0 Å². The number of methoxy groups -OCH3 is 1. The second kappa shape index (κ2) is 5.82. The van der Waals surface area contributed by atoms with Crippen LogP contribution in [-0.2, 0) is 11.2 Å². The molecule has 0 aliphatic carbocycles. The van der Waals surface area contributed by atoms with Gasteiger partial charge >= 0.3 is 6.09 Å². The molecule has 0 bridgehead atoms. The van der Waals surface area contributed by atoms with Crippen molar-refractivity contribution in [2.75, 3.05) is 7.11 Å². The summed E-state index contributed by atoms with van der Waals surface area (Å²) in [5.74, 6) is 0.471. The summed E-state index contributed by atoms with van der Waals surface area (Å²) in [7, 11) is 1.49. The fraction of sp³-hybridized carbons (Fsp3) is 0.500. The lowest BCUT2D eigenvalue weighted by Crippen LogP contribution is -2.35. The predicted octanol–water partition coefficient (Wildman–Crippen LogP) is 2.45. The van der Waals surface area contributed by atoms with Crippen molar-refractivity contribution >= 4 is 6.09 Å². The molecular formula is C14H21NO4. The molecule has 1 amide bonds. The van der Waals surface area contributed by atoms with Gasteiger partial charge in [-0.15, -0.1) is 0 Å². The first-order valence-electron chi connectivity index (χ1n) is 6.06. The number of benzene rings is 1. The Kier molecular flexibility index (Phi) is 4.64. The number of hydrogen-bond donors (Lipinski definition) is 2. The van der Waals surface area contributed by atoms with E-state index in [0.717, 1.165) is 5.56 Å². The van der Waals surface area contributed by atoms with E-state index in [2.05, 4.69) is 0 Å². The lowest BCUT2D eigenvalue weighted by atomic mass is 9.85. The van der Waals surface area contributed by atoms with E-state index >= 15 is 0 Å². The number of hydrogen-bond acceptors (Lipinski definition) is 4. The van der Waals surface area contributed by atoms with E-state index in [9.17, 15) is 9.90 Å². The third kappa shape index (κ3) is 4.35. The molecule has 0 aliphatic heterocycles. The Hall–Kier alpha value is -1.91. The number of phenolic OH excluding ortho intramolecular Hbond substituents is 1. The Morgan fingerprint density at radius 3 is 2.53 bits per heavy atom. The standard InChI is InChI=1S/C14H21NO4/c1-14(2,3)12(19-13(15)17)8-9-5-6-10(16)11(7-9)18-4/h5-7,12,16H,8H2,1-4H3,(H2,15,17). The molecule has 1 aromatic rings. The Morgan fingerprint density at radius 1 is 1.42 bits per heavy atom. The minimum Gasteiger partial charge on any atom is -0.504 e. The zero-order valence-corrected chi connectivity index (χ0v) is 11.8. The minimum atomic E-state index is -0.786. The highest BCUT2D eigenvalue weighted by Gasteiger charge is 2.28. The average molecular weight is 267 g/mol. The summed E-state index contributed by atoms with van der Waals surface area (Å²) in [6.07, 6.45) is -0.631. The largest absolute Gasteiger partial charge is 0.504 e. The number of aromatic hydroxyl groups is 1. The summed E-state index contributed by atoms with van der Waals surface area (Å²) in [6.45, 7) is 5.91. The SMILES string of the molecule is COc1cc(CC(OC(N)=O)C(C)(C)C)ccc1O. The molecule has 19 heavy (non-hydrogen) atoms. The molecule has 0 fully saturated rings. The lowest BCUT2D eigenvalue weighted by molar-refractivity contribution is 0.0374. The van der Waals surface area contributed by atoms with Gasteiger partial charge in [0.25, 0.3) is 0 Å². The summed E-state index contributed by atoms with van der Waals surface area (Å²) in [5.41, 5.74) is 5.76. The number of nitrogens with two attached hydrogens (primary N) is 1. The molecule has 0 radical (unpaired) electrons. The number of ether oxygens (including phenoxy) is 2. The average Bonchev–Trinajstić information content (AvgIpc) is 2.28. The maximum Gasteiger partial charge on any atom is 0.404 e. The third-order valence-electron chi connectivity index (χ3n) is 2.89. The van der Waals surface area contributed by atoms with Crippen LogP contribution in [0.1, 0.15) is 26.3 Å². The lowest BCUT2D eigenvalue weighted by Gasteiger charge is -2.29. The zero-order valence-electron chi connectivity index (χ0n) is 11.8. The second-order valence-electron chi connectivity index (χ2n) is 5.50. The van der Waals surface area contributed by atoms with Gasteiger partial charge in [-0.3, -0.25) is 0 Å². The van der Waals surface area contributed by atoms with Crippen LogP contribution in [0.3, 0.4) is 0 Å². The highest BCUT2D eigenvalue weighted by atomic mass is 16.6. The minimum absolute atomic E-state index is 0.0781. The van der Waals surface area contributed by atoms with Gasteiger partial charge in [0.1, 0.15) is 6.10 Å². The molecule has 1 atom stereocenters. The number of carbonyl (C=O) groups excluding carboxylic acids is 1. The number of amides is 1. The smallest absolute Gasteiger partial charge is 0.404 e. The second-order valence-corrected chi connectivity index (χ2v) is 5.50. The third-order valence-corrected chi connectivity index (χ3v) is 2.89. The summed E-state index contributed by atoms with van der Waals surface area (Å²) < 4.78 is 10.2. The van der Waals surface area contributed by atoms with Crippen LogP contribution < -0.4 is 10.5 Å². The Balaban J connectivity index is 2.93. The van der Waals surface area contributed by atoms with Crippen molar-refractivity contribution in [3.05, 3.63) is 23.8 Å². The van der Waals surface area contributed by atoms with E-state index in [-0.39, 0.29) is 17.3 Å². The van der Waals surface area contributed by atoms with Crippen LogP contribution in [-0.4, -0.2) is 24.4 Å². The van der Waals surface area contributed by atoms with Crippen molar-refractivity contribution in [2.45, 2.75) is 33.3 Å². The van der Waals surface area contributed by atoms with Gasteiger partial charge in [-0.2, -0.15) is 0 Å². The molecule has 0 saturated heterocycles. The maximum atomic E-state index is 11.0. The molecule has 0 spiro atoms. The molecule has 0 heterocycles. The summed E-state index contributed by atoms with van der Waals surface area (Å²) in [6, 6.07) is 5.04. The van der Waals surface area contributed by atoms with E-state index < -0.39 is 6.09 Å². The number of carbonyl (C=O) groups is 1. The van der Waals surface area contributed by atoms with Crippen molar-refractivity contribution in [1.29, 1.82) is 0 Å². The summed E-state index contributed by atoms with van der Waals surface area (Å²) in [4.78, 5) is 11.0. The fourth-order valence-corrected chi connectivity index (χ4v) is 1.73. The maximum absolute atomic E-state index is 11.0. The van der Waals surface area contributed by atoms with Gasteiger partial charge in [-0.1, -0.05) is 26.8 Å².